The van der Waals surface area contributed by atoms with Crippen molar-refractivity contribution in [1.29, 1.82) is 0 Å². The zero-order valence-electron chi connectivity index (χ0n) is 12.9. The first-order chi connectivity index (χ1) is 11.6. The summed E-state index contributed by atoms with van der Waals surface area (Å²) >= 11 is 12.2. The first-order valence-corrected chi connectivity index (χ1v) is 8.37. The van der Waals surface area contributed by atoms with Gasteiger partial charge in [0, 0.05) is 10.6 Å². The van der Waals surface area contributed by atoms with Crippen molar-refractivity contribution in [2.24, 2.45) is 0 Å². The van der Waals surface area contributed by atoms with Crippen molar-refractivity contribution in [3.63, 3.8) is 0 Å². The fourth-order valence-corrected chi connectivity index (χ4v) is 2.82. The molecule has 0 fully saturated rings. The second-order valence-electron chi connectivity index (χ2n) is 5.41. The largest absolute Gasteiger partial charge is 0.460 e. The zero-order chi connectivity index (χ0) is 16.9. The van der Waals surface area contributed by atoms with E-state index in [2.05, 4.69) is 5.32 Å². The van der Waals surface area contributed by atoms with Crippen molar-refractivity contribution in [2.75, 3.05) is 6.54 Å². The topological polar surface area (TPSA) is 25.2 Å². The normalized spacial score (nSPS) is 11.0. The fourth-order valence-electron chi connectivity index (χ4n) is 2.44. The molecular formula is C19H16Cl2FNO. The van der Waals surface area contributed by atoms with Crippen molar-refractivity contribution in [3.05, 3.63) is 81.8 Å². The second kappa shape index (κ2) is 7.84. The van der Waals surface area contributed by atoms with Gasteiger partial charge in [0.1, 0.15) is 17.3 Å². The minimum Gasteiger partial charge on any atom is -0.460 e. The Hall–Kier alpha value is -1.81. The number of rotatable bonds is 6. The molecule has 2 nitrogen and oxygen atoms in total. The Kier molecular flexibility index (Phi) is 5.56. The van der Waals surface area contributed by atoms with Gasteiger partial charge in [-0.25, -0.2) is 4.39 Å². The maximum absolute atomic E-state index is 13.5. The van der Waals surface area contributed by atoms with Gasteiger partial charge in [-0.1, -0.05) is 41.4 Å². The van der Waals surface area contributed by atoms with Crippen LogP contribution in [0.1, 0.15) is 11.3 Å². The Morgan fingerprint density at radius 1 is 1.00 bits per heavy atom. The van der Waals surface area contributed by atoms with Gasteiger partial charge in [-0.2, -0.15) is 0 Å². The van der Waals surface area contributed by atoms with E-state index in [-0.39, 0.29) is 5.82 Å². The van der Waals surface area contributed by atoms with Crippen LogP contribution in [0.5, 0.6) is 0 Å². The molecular weight excluding hydrogens is 348 g/mol. The third kappa shape index (κ3) is 4.18. The maximum Gasteiger partial charge on any atom is 0.135 e. The van der Waals surface area contributed by atoms with Gasteiger partial charge in [0.15, 0.2) is 0 Å². The summed E-state index contributed by atoms with van der Waals surface area (Å²) in [7, 11) is 0. The Bertz CT molecular complexity index is 832. The Morgan fingerprint density at radius 3 is 2.67 bits per heavy atom. The van der Waals surface area contributed by atoms with Crippen LogP contribution in [0.15, 0.2) is 59.0 Å². The maximum atomic E-state index is 13.5. The number of furan rings is 1. The van der Waals surface area contributed by atoms with E-state index in [9.17, 15) is 4.39 Å². The van der Waals surface area contributed by atoms with Crippen molar-refractivity contribution >= 4 is 23.2 Å². The molecule has 1 N–H and O–H groups in total. The predicted molar refractivity (Wildman–Crippen MR) is 96.0 cm³/mol. The van der Waals surface area contributed by atoms with Crippen molar-refractivity contribution < 1.29 is 8.81 Å². The van der Waals surface area contributed by atoms with Crippen LogP contribution in [0.3, 0.4) is 0 Å². The molecule has 5 heteroatoms. The van der Waals surface area contributed by atoms with Crippen LogP contribution in [0, 0.1) is 5.82 Å². The van der Waals surface area contributed by atoms with Crippen LogP contribution < -0.4 is 5.32 Å². The lowest BCUT2D eigenvalue weighted by Gasteiger charge is -2.05. The summed E-state index contributed by atoms with van der Waals surface area (Å²) in [5.41, 5.74) is 1.47. The monoisotopic (exact) mass is 363 g/mol. The molecule has 0 saturated heterocycles. The van der Waals surface area contributed by atoms with Gasteiger partial charge in [-0.05, 0) is 54.9 Å². The van der Waals surface area contributed by atoms with E-state index >= 15 is 0 Å². The molecule has 124 valence electrons. The van der Waals surface area contributed by atoms with E-state index in [0.717, 1.165) is 11.3 Å². The molecule has 0 amide bonds. The molecule has 3 rings (SSSR count). The third-order valence-corrected chi connectivity index (χ3v) is 4.25. The summed E-state index contributed by atoms with van der Waals surface area (Å²) in [6.45, 7) is 1.22. The highest BCUT2D eigenvalue weighted by atomic mass is 35.5. The van der Waals surface area contributed by atoms with E-state index in [4.69, 9.17) is 27.6 Å². The molecule has 24 heavy (non-hydrogen) atoms. The van der Waals surface area contributed by atoms with Gasteiger partial charge in [0.2, 0.25) is 0 Å². The predicted octanol–water partition coefficient (Wildman–Crippen LogP) is 5.72. The summed E-state index contributed by atoms with van der Waals surface area (Å²) in [4.78, 5) is 0. The Balaban J connectivity index is 1.57. The fraction of sp³-hybridized carbons (Fsp3) is 0.158. The Morgan fingerprint density at radius 2 is 1.83 bits per heavy atom. The van der Waals surface area contributed by atoms with Crippen molar-refractivity contribution in [1.82, 2.24) is 5.32 Å². The molecule has 0 saturated carbocycles. The smallest absolute Gasteiger partial charge is 0.135 e. The van der Waals surface area contributed by atoms with Crippen LogP contribution >= 0.6 is 23.2 Å². The van der Waals surface area contributed by atoms with Crippen LogP contribution in [0.4, 0.5) is 4.39 Å². The quantitative estimate of drug-likeness (QED) is 0.566. The molecule has 2 aromatic carbocycles. The number of hydrogen-bond donors (Lipinski definition) is 1. The standard InChI is InChI=1S/C19H16Cl2FNO/c20-14-5-7-17(21)16(11-14)19-8-6-15(24-19)12-23-10-9-13-3-1-2-4-18(13)22/h1-8,11,23H,9-10,12H2. The van der Waals surface area contributed by atoms with Crippen LogP contribution in [-0.2, 0) is 13.0 Å². The lowest BCUT2D eigenvalue weighted by atomic mass is 10.1. The van der Waals surface area contributed by atoms with Crippen LogP contribution in [-0.4, -0.2) is 6.54 Å². The van der Waals surface area contributed by atoms with Crippen molar-refractivity contribution in [2.45, 2.75) is 13.0 Å². The highest BCUT2D eigenvalue weighted by molar-refractivity contribution is 6.35. The van der Waals surface area contributed by atoms with Gasteiger partial charge in [0.05, 0.1) is 11.6 Å². The molecule has 0 unspecified atom stereocenters. The van der Waals surface area contributed by atoms with Crippen molar-refractivity contribution in [3.8, 4) is 11.3 Å². The molecule has 0 aliphatic rings. The van der Waals surface area contributed by atoms with E-state index in [1.807, 2.05) is 18.2 Å². The van der Waals surface area contributed by atoms with Crippen LogP contribution in [0.2, 0.25) is 10.0 Å². The van der Waals surface area contributed by atoms with Gasteiger partial charge >= 0.3 is 0 Å². The zero-order valence-corrected chi connectivity index (χ0v) is 14.4. The first kappa shape index (κ1) is 17.0. The molecule has 0 atom stereocenters. The molecule has 1 aromatic heterocycles. The summed E-state index contributed by atoms with van der Waals surface area (Å²) in [5, 5.41) is 4.45. The number of halogens is 3. The number of nitrogens with one attached hydrogen (secondary N) is 1. The summed E-state index contributed by atoms with van der Waals surface area (Å²) < 4.78 is 19.3. The van der Waals surface area contributed by atoms with Gasteiger partial charge in [0.25, 0.3) is 0 Å². The van der Waals surface area contributed by atoms with Gasteiger partial charge < -0.3 is 9.73 Å². The summed E-state index contributed by atoms with van der Waals surface area (Å²) in [5.74, 6) is 1.29. The minimum atomic E-state index is -0.171. The second-order valence-corrected chi connectivity index (χ2v) is 6.25. The lowest BCUT2D eigenvalue weighted by molar-refractivity contribution is 0.493. The van der Waals surface area contributed by atoms with E-state index < -0.39 is 0 Å². The molecule has 1 heterocycles. The summed E-state index contributed by atoms with van der Waals surface area (Å²) in [6.07, 6.45) is 0.625. The molecule has 3 aromatic rings. The molecule has 0 bridgehead atoms. The Labute approximate surface area is 150 Å². The van der Waals surface area contributed by atoms with Gasteiger partial charge in [-0.15, -0.1) is 0 Å². The van der Waals surface area contributed by atoms with Crippen LogP contribution in [0.25, 0.3) is 11.3 Å². The highest BCUT2D eigenvalue weighted by Crippen LogP contribution is 2.31. The average molecular weight is 364 g/mol. The highest BCUT2D eigenvalue weighted by Gasteiger charge is 2.09. The lowest BCUT2D eigenvalue weighted by Crippen LogP contribution is -2.16. The third-order valence-electron chi connectivity index (χ3n) is 3.68. The molecule has 0 spiro atoms. The van der Waals surface area contributed by atoms with E-state index in [1.165, 1.54) is 6.07 Å². The summed E-state index contributed by atoms with van der Waals surface area (Å²) in [6, 6.07) is 15.8. The first-order valence-electron chi connectivity index (χ1n) is 7.62. The molecule has 0 aliphatic carbocycles. The average Bonchev–Trinajstić information content (AvgIpc) is 3.04. The molecule has 0 aliphatic heterocycles. The van der Waals surface area contributed by atoms with E-state index in [1.54, 1.807) is 30.3 Å². The SMILES string of the molecule is Fc1ccccc1CCNCc1ccc(-c2cc(Cl)ccc2Cl)o1. The van der Waals surface area contributed by atoms with E-state index in [0.29, 0.717) is 40.9 Å². The number of benzene rings is 2. The van der Waals surface area contributed by atoms with Gasteiger partial charge in [-0.3, -0.25) is 0 Å². The molecule has 0 radical (unpaired) electrons. The number of hydrogen-bond acceptors (Lipinski definition) is 2. The minimum absolute atomic E-state index is 0.171.